The highest BCUT2D eigenvalue weighted by molar-refractivity contribution is 6.04. The highest BCUT2D eigenvalue weighted by Gasteiger charge is 2.32. The summed E-state index contributed by atoms with van der Waals surface area (Å²) in [5, 5.41) is 2.60. The lowest BCUT2D eigenvalue weighted by Crippen LogP contribution is -2.04. The van der Waals surface area contributed by atoms with Crippen LogP contribution in [0, 0.1) is 11.8 Å². The normalized spacial score (nSPS) is 18.7. The first-order chi connectivity index (χ1) is 14.8. The van der Waals surface area contributed by atoms with Gasteiger partial charge in [0.25, 0.3) is 0 Å². The quantitative estimate of drug-likeness (QED) is 0.431. The second kappa shape index (κ2) is 6.71. The Morgan fingerprint density at radius 2 is 2.00 bits per heavy atom. The minimum absolute atomic E-state index is 0.403. The fraction of sp³-hybridized carbons (Fsp3) is 0.138. The van der Waals surface area contributed by atoms with Gasteiger partial charge in [0.15, 0.2) is 0 Å². The fourth-order valence-electron chi connectivity index (χ4n) is 5.10. The van der Waals surface area contributed by atoms with Crippen LogP contribution in [0.5, 0.6) is 0 Å². The predicted molar refractivity (Wildman–Crippen MR) is 125 cm³/mol. The van der Waals surface area contributed by atoms with Gasteiger partial charge in [0.2, 0.25) is 0 Å². The summed E-state index contributed by atoms with van der Waals surface area (Å²) in [5.74, 6) is 7.46. The van der Waals surface area contributed by atoms with Crippen molar-refractivity contribution in [1.82, 2.24) is 4.98 Å². The largest absolute Gasteiger partial charge is 0.263 e. The summed E-state index contributed by atoms with van der Waals surface area (Å²) < 4.78 is 0. The molecule has 0 amide bonds. The van der Waals surface area contributed by atoms with Crippen LogP contribution < -0.4 is 0 Å². The molecule has 2 aromatic carbocycles. The highest BCUT2D eigenvalue weighted by atomic mass is 14.6. The lowest BCUT2D eigenvalue weighted by Gasteiger charge is -2.21. The van der Waals surface area contributed by atoms with Crippen LogP contribution in [0.4, 0.5) is 0 Å². The van der Waals surface area contributed by atoms with Crippen molar-refractivity contribution in [2.24, 2.45) is 0 Å². The average molecular weight is 383 g/mol. The van der Waals surface area contributed by atoms with Crippen molar-refractivity contribution in [1.29, 1.82) is 0 Å². The molecule has 0 saturated carbocycles. The third kappa shape index (κ3) is 2.54. The smallest absolute Gasteiger partial charge is 0.0356 e. The predicted octanol–water partition coefficient (Wildman–Crippen LogP) is 6.61. The van der Waals surface area contributed by atoms with E-state index in [2.05, 4.69) is 90.5 Å². The topological polar surface area (TPSA) is 12.9 Å². The molecule has 30 heavy (non-hydrogen) atoms. The van der Waals surface area contributed by atoms with E-state index >= 15 is 0 Å². The van der Waals surface area contributed by atoms with Crippen LogP contribution in [0.2, 0.25) is 0 Å². The molecule has 3 aliphatic carbocycles. The molecule has 1 aromatic heterocycles. The number of hydrogen-bond acceptors (Lipinski definition) is 1. The highest BCUT2D eigenvalue weighted by Crippen LogP contribution is 2.51. The van der Waals surface area contributed by atoms with Gasteiger partial charge in [-0.05, 0) is 59.1 Å². The third-order valence-electron chi connectivity index (χ3n) is 6.46. The first-order valence-electron chi connectivity index (χ1n) is 10.6. The molecule has 0 spiro atoms. The van der Waals surface area contributed by atoms with Crippen LogP contribution in [0.1, 0.15) is 47.1 Å². The van der Waals surface area contributed by atoms with Crippen molar-refractivity contribution < 1.29 is 0 Å². The second-order valence-corrected chi connectivity index (χ2v) is 8.17. The van der Waals surface area contributed by atoms with Gasteiger partial charge in [0, 0.05) is 40.4 Å². The summed E-state index contributed by atoms with van der Waals surface area (Å²) >= 11 is 0. The van der Waals surface area contributed by atoms with E-state index in [4.69, 9.17) is 0 Å². The molecule has 0 radical (unpaired) electrons. The van der Waals surface area contributed by atoms with Crippen molar-refractivity contribution in [3.8, 4) is 11.8 Å². The van der Waals surface area contributed by atoms with E-state index in [0.717, 1.165) is 24.0 Å². The summed E-state index contributed by atoms with van der Waals surface area (Å²) in [6.45, 7) is 2.06. The molecule has 0 aliphatic heterocycles. The monoisotopic (exact) mass is 383 g/mol. The molecule has 1 heteroatoms. The molecular formula is C29H21N. The van der Waals surface area contributed by atoms with Crippen LogP contribution in [0.15, 0.2) is 84.2 Å². The molecule has 6 rings (SSSR count). The minimum Gasteiger partial charge on any atom is -0.263 e. The van der Waals surface area contributed by atoms with Crippen molar-refractivity contribution in [3.63, 3.8) is 0 Å². The minimum atomic E-state index is 0.403. The SMILES string of the molecule is CC=Cc1cccc2c1C#CC1=C(C=CC2)CC2C(=C1)c1cncc3cccc2c13. The van der Waals surface area contributed by atoms with Gasteiger partial charge in [-0.2, -0.15) is 0 Å². The summed E-state index contributed by atoms with van der Waals surface area (Å²) in [6, 6.07) is 13.1. The molecule has 1 heterocycles. The molecule has 142 valence electrons. The van der Waals surface area contributed by atoms with E-state index in [1.807, 2.05) is 12.4 Å². The van der Waals surface area contributed by atoms with Crippen LogP contribution in [0.3, 0.4) is 0 Å². The van der Waals surface area contributed by atoms with Gasteiger partial charge in [0.1, 0.15) is 0 Å². The molecule has 3 aromatic rings. The second-order valence-electron chi connectivity index (χ2n) is 8.17. The van der Waals surface area contributed by atoms with E-state index in [1.54, 1.807) is 0 Å². The fourth-order valence-corrected chi connectivity index (χ4v) is 5.10. The van der Waals surface area contributed by atoms with Crippen molar-refractivity contribution in [3.05, 3.63) is 112 Å². The zero-order chi connectivity index (χ0) is 20.1. The van der Waals surface area contributed by atoms with Gasteiger partial charge in [0.05, 0.1) is 0 Å². The first kappa shape index (κ1) is 17.2. The number of pyridine rings is 1. The Balaban J connectivity index is 1.53. The van der Waals surface area contributed by atoms with Crippen molar-refractivity contribution in [2.45, 2.75) is 25.7 Å². The maximum Gasteiger partial charge on any atom is 0.0356 e. The summed E-state index contributed by atoms with van der Waals surface area (Å²) in [7, 11) is 0. The lowest BCUT2D eigenvalue weighted by atomic mass is 9.82. The van der Waals surface area contributed by atoms with Gasteiger partial charge in [-0.25, -0.2) is 0 Å². The van der Waals surface area contributed by atoms with Gasteiger partial charge in [-0.3, -0.25) is 4.98 Å². The van der Waals surface area contributed by atoms with Gasteiger partial charge in [-0.15, -0.1) is 0 Å². The van der Waals surface area contributed by atoms with Crippen LogP contribution in [-0.2, 0) is 6.42 Å². The van der Waals surface area contributed by atoms with E-state index in [-0.39, 0.29) is 0 Å². The Bertz CT molecular complexity index is 1390. The molecule has 0 bridgehead atoms. The standard InChI is InChI=1S/C29H21N/c1-2-6-19-7-3-8-20-9-4-10-21-15-26-25-12-5-11-23-17-30-18-28(29(23)25)27(26)16-22(21)13-14-24(19)20/h2-8,10-12,16-18,26H,9,15H2,1H3. The Morgan fingerprint density at radius 3 is 2.93 bits per heavy atom. The molecular weight excluding hydrogens is 362 g/mol. The number of fused-ring (bicyclic) bond motifs is 4. The summed E-state index contributed by atoms with van der Waals surface area (Å²) in [5.41, 5.74) is 10.2. The van der Waals surface area contributed by atoms with Crippen LogP contribution in [0.25, 0.3) is 22.4 Å². The molecule has 0 N–H and O–H groups in total. The zero-order valence-corrected chi connectivity index (χ0v) is 16.9. The molecule has 0 saturated heterocycles. The number of rotatable bonds is 1. The molecule has 3 aliphatic rings. The average Bonchev–Trinajstić information content (AvgIpc) is 3.12. The van der Waals surface area contributed by atoms with Crippen molar-refractivity contribution in [2.75, 3.05) is 0 Å². The van der Waals surface area contributed by atoms with E-state index in [9.17, 15) is 0 Å². The first-order valence-corrected chi connectivity index (χ1v) is 10.6. The molecule has 1 unspecified atom stereocenters. The zero-order valence-electron chi connectivity index (χ0n) is 16.9. The van der Waals surface area contributed by atoms with Crippen LogP contribution in [-0.4, -0.2) is 4.98 Å². The number of nitrogens with zero attached hydrogens (tertiary/aromatic N) is 1. The Morgan fingerprint density at radius 1 is 1.07 bits per heavy atom. The van der Waals surface area contributed by atoms with Gasteiger partial charge >= 0.3 is 0 Å². The lowest BCUT2D eigenvalue weighted by molar-refractivity contribution is 0.863. The molecule has 1 nitrogen and oxygen atoms in total. The number of benzene rings is 2. The van der Waals surface area contributed by atoms with E-state index < -0.39 is 0 Å². The summed E-state index contributed by atoms with van der Waals surface area (Å²) in [6.07, 6.45) is 17.1. The van der Waals surface area contributed by atoms with Crippen LogP contribution >= 0.6 is 0 Å². The van der Waals surface area contributed by atoms with Crippen molar-refractivity contribution >= 4 is 22.4 Å². The maximum absolute atomic E-state index is 4.51. The molecule has 0 fully saturated rings. The number of hydrogen-bond donors (Lipinski definition) is 0. The van der Waals surface area contributed by atoms with E-state index in [1.165, 1.54) is 44.2 Å². The Hall–Kier alpha value is -3.63. The third-order valence-corrected chi connectivity index (χ3v) is 6.46. The summed E-state index contributed by atoms with van der Waals surface area (Å²) in [4.78, 5) is 4.51. The van der Waals surface area contributed by atoms with Gasteiger partial charge in [-0.1, -0.05) is 72.5 Å². The number of aromatic nitrogens is 1. The van der Waals surface area contributed by atoms with Gasteiger partial charge < -0.3 is 0 Å². The maximum atomic E-state index is 4.51. The Kier molecular flexibility index (Phi) is 3.86. The van der Waals surface area contributed by atoms with E-state index in [0.29, 0.717) is 5.92 Å². The Labute approximate surface area is 177 Å². The molecule has 1 atom stereocenters. The number of allylic oxidation sites excluding steroid dienone is 7.